The fourth-order valence-corrected chi connectivity index (χ4v) is 5.19. The summed E-state index contributed by atoms with van der Waals surface area (Å²) in [5, 5.41) is 1.03. The van der Waals surface area contributed by atoms with E-state index in [2.05, 4.69) is 0 Å². The quantitative estimate of drug-likeness (QED) is 0.386. The molecule has 3 heterocycles. The summed E-state index contributed by atoms with van der Waals surface area (Å²) in [5.41, 5.74) is 1.41. The predicted molar refractivity (Wildman–Crippen MR) is 151 cm³/mol. The number of rotatable bonds is 6. The van der Waals surface area contributed by atoms with Crippen molar-refractivity contribution in [1.82, 2.24) is 14.8 Å². The molecule has 0 radical (unpaired) electrons. The van der Waals surface area contributed by atoms with Crippen molar-refractivity contribution in [3.63, 3.8) is 0 Å². The van der Waals surface area contributed by atoms with E-state index in [4.69, 9.17) is 23.9 Å². The van der Waals surface area contributed by atoms with E-state index >= 15 is 0 Å². The molecular weight excluding hydrogens is 510 g/mol. The minimum absolute atomic E-state index is 0.186. The van der Waals surface area contributed by atoms with Crippen molar-refractivity contribution >= 4 is 22.9 Å². The lowest BCUT2D eigenvalue weighted by Crippen LogP contribution is -2.46. The minimum atomic E-state index is -0.871. The molecule has 0 N–H and O–H groups in total. The van der Waals surface area contributed by atoms with E-state index in [0.717, 1.165) is 29.4 Å². The number of methoxy groups -OCH3 is 1. The third-order valence-corrected chi connectivity index (χ3v) is 6.92. The van der Waals surface area contributed by atoms with Gasteiger partial charge in [0.05, 0.1) is 30.9 Å². The normalized spacial score (nSPS) is 17.6. The molecule has 0 aliphatic carbocycles. The van der Waals surface area contributed by atoms with Gasteiger partial charge in [-0.05, 0) is 57.9 Å². The number of fused-ring (bicyclic) bond motifs is 2. The Bertz CT molecular complexity index is 1430. The van der Waals surface area contributed by atoms with E-state index in [-0.39, 0.29) is 24.6 Å². The molecule has 5 rings (SSSR count). The molecule has 1 unspecified atom stereocenters. The maximum absolute atomic E-state index is 14.1. The standard InChI is InChI=1S/C31H37N3O6/c1-30(2,3)40-29(36)34-15-9-11-23(34)19-33(18-22-14-13-20-10-7-8-12-24(20)32-22)28(35)21-16-25(37-6)27-26(17-21)38-31(4,5)39-27/h7-8,10,12-14,16-17,23H,9,11,15,18-19H2,1-6H3. The number of para-hydroxylation sites is 1. The molecule has 1 fully saturated rings. The van der Waals surface area contributed by atoms with Crippen molar-refractivity contribution in [1.29, 1.82) is 0 Å². The Morgan fingerprint density at radius 3 is 2.65 bits per heavy atom. The van der Waals surface area contributed by atoms with Gasteiger partial charge in [-0.1, -0.05) is 24.3 Å². The monoisotopic (exact) mass is 547 g/mol. The third-order valence-electron chi connectivity index (χ3n) is 6.92. The van der Waals surface area contributed by atoms with E-state index in [1.165, 1.54) is 7.11 Å². The number of ether oxygens (including phenoxy) is 4. The van der Waals surface area contributed by atoms with Crippen molar-refractivity contribution in [3.05, 3.63) is 59.8 Å². The first-order valence-electron chi connectivity index (χ1n) is 13.7. The number of carbonyl (C=O) groups excluding carboxylic acids is 2. The van der Waals surface area contributed by atoms with Crippen LogP contribution in [0.2, 0.25) is 0 Å². The van der Waals surface area contributed by atoms with Gasteiger partial charge in [0, 0.05) is 37.9 Å². The van der Waals surface area contributed by atoms with E-state index in [9.17, 15) is 9.59 Å². The van der Waals surface area contributed by atoms with Crippen LogP contribution in [0.5, 0.6) is 17.2 Å². The smallest absolute Gasteiger partial charge is 0.410 e. The van der Waals surface area contributed by atoms with Crippen LogP contribution >= 0.6 is 0 Å². The van der Waals surface area contributed by atoms with E-state index in [1.54, 1.807) is 35.8 Å². The molecule has 2 amide bonds. The zero-order valence-corrected chi connectivity index (χ0v) is 24.0. The summed E-state index contributed by atoms with van der Waals surface area (Å²) in [6, 6.07) is 15.0. The highest BCUT2D eigenvalue weighted by atomic mass is 16.7. The van der Waals surface area contributed by atoms with E-state index < -0.39 is 11.4 Å². The molecule has 1 atom stereocenters. The lowest BCUT2D eigenvalue weighted by molar-refractivity contribution is -0.0439. The number of hydrogen-bond donors (Lipinski definition) is 0. The van der Waals surface area contributed by atoms with Gasteiger partial charge >= 0.3 is 6.09 Å². The SMILES string of the molecule is COc1cc(C(=O)N(Cc2ccc3ccccc3n2)CC2CCCN2C(=O)OC(C)(C)C)cc2c1OC(C)(C)O2. The van der Waals surface area contributed by atoms with Crippen LogP contribution in [0.15, 0.2) is 48.5 Å². The first-order chi connectivity index (χ1) is 18.9. The lowest BCUT2D eigenvalue weighted by Gasteiger charge is -2.32. The van der Waals surface area contributed by atoms with Crippen LogP contribution in [0, 0.1) is 0 Å². The van der Waals surface area contributed by atoms with Gasteiger partial charge in [0.25, 0.3) is 5.91 Å². The predicted octanol–water partition coefficient (Wildman–Crippen LogP) is 5.79. The van der Waals surface area contributed by atoms with E-state index in [0.29, 0.717) is 35.9 Å². The van der Waals surface area contributed by atoms with Crippen LogP contribution in [-0.2, 0) is 11.3 Å². The molecule has 212 valence electrons. The number of nitrogens with zero attached hydrogens (tertiary/aromatic N) is 3. The Morgan fingerprint density at radius 2 is 1.90 bits per heavy atom. The maximum atomic E-state index is 14.1. The number of likely N-dealkylation sites (tertiary alicyclic amines) is 1. The van der Waals surface area contributed by atoms with Crippen LogP contribution in [0.4, 0.5) is 4.79 Å². The number of benzene rings is 2. The fraction of sp³-hybridized carbons (Fsp3) is 0.452. The van der Waals surface area contributed by atoms with Crippen molar-refractivity contribution in [2.24, 2.45) is 0 Å². The Morgan fingerprint density at radius 1 is 1.12 bits per heavy atom. The van der Waals surface area contributed by atoms with Gasteiger partial charge in [0.1, 0.15) is 5.60 Å². The third kappa shape index (κ3) is 5.93. The lowest BCUT2D eigenvalue weighted by atomic mass is 10.1. The summed E-state index contributed by atoms with van der Waals surface area (Å²) in [4.78, 5) is 35.4. The molecule has 40 heavy (non-hydrogen) atoms. The van der Waals surface area contributed by atoms with Crippen molar-refractivity contribution < 1.29 is 28.5 Å². The number of aromatic nitrogens is 1. The van der Waals surface area contributed by atoms with Crippen LogP contribution in [0.1, 0.15) is 63.5 Å². The Hall–Kier alpha value is -4.01. The maximum Gasteiger partial charge on any atom is 0.410 e. The highest BCUT2D eigenvalue weighted by molar-refractivity contribution is 5.96. The number of amides is 2. The molecule has 3 aromatic rings. The average Bonchev–Trinajstić information content (AvgIpc) is 3.48. The molecule has 1 saturated heterocycles. The molecule has 2 aliphatic rings. The van der Waals surface area contributed by atoms with Crippen LogP contribution in [0.25, 0.3) is 10.9 Å². The summed E-state index contributed by atoms with van der Waals surface area (Å²) in [5.74, 6) is 0.252. The van der Waals surface area contributed by atoms with Gasteiger partial charge in [-0.2, -0.15) is 0 Å². The van der Waals surface area contributed by atoms with Crippen LogP contribution in [0.3, 0.4) is 0 Å². The van der Waals surface area contributed by atoms with E-state index in [1.807, 2.05) is 57.2 Å². The zero-order valence-electron chi connectivity index (χ0n) is 24.0. The minimum Gasteiger partial charge on any atom is -0.493 e. The fourth-order valence-electron chi connectivity index (χ4n) is 5.19. The molecule has 0 bridgehead atoms. The Kier molecular flexibility index (Phi) is 7.25. The summed E-state index contributed by atoms with van der Waals surface area (Å²) in [6.07, 6.45) is 1.25. The van der Waals surface area contributed by atoms with Crippen LogP contribution in [-0.4, -0.2) is 64.4 Å². The molecule has 0 saturated carbocycles. The molecule has 2 aromatic carbocycles. The first-order valence-corrected chi connectivity index (χ1v) is 13.7. The number of hydrogen-bond acceptors (Lipinski definition) is 7. The summed E-state index contributed by atoms with van der Waals surface area (Å²) in [7, 11) is 1.53. The summed E-state index contributed by atoms with van der Waals surface area (Å²) >= 11 is 0. The summed E-state index contributed by atoms with van der Waals surface area (Å²) in [6.45, 7) is 10.3. The Balaban J connectivity index is 1.47. The van der Waals surface area contributed by atoms with Gasteiger partial charge in [-0.15, -0.1) is 0 Å². The highest BCUT2D eigenvalue weighted by Crippen LogP contribution is 2.47. The molecule has 9 nitrogen and oxygen atoms in total. The van der Waals surface area contributed by atoms with Gasteiger partial charge < -0.3 is 28.7 Å². The Labute approximate surface area is 235 Å². The summed E-state index contributed by atoms with van der Waals surface area (Å²) < 4.78 is 23.1. The topological polar surface area (TPSA) is 90.4 Å². The molecule has 1 aromatic heterocycles. The number of carbonyl (C=O) groups is 2. The van der Waals surface area contributed by atoms with Crippen LogP contribution < -0.4 is 14.2 Å². The average molecular weight is 548 g/mol. The second-order valence-electron chi connectivity index (χ2n) is 11.8. The van der Waals surface area contributed by atoms with Gasteiger partial charge in [0.15, 0.2) is 11.5 Å². The largest absolute Gasteiger partial charge is 0.493 e. The highest BCUT2D eigenvalue weighted by Gasteiger charge is 2.37. The second-order valence-corrected chi connectivity index (χ2v) is 11.8. The molecule has 0 spiro atoms. The number of pyridine rings is 1. The molecular formula is C31H37N3O6. The second kappa shape index (κ2) is 10.5. The van der Waals surface area contributed by atoms with Crippen molar-refractivity contribution in [3.8, 4) is 17.2 Å². The molecule has 9 heteroatoms. The first kappa shape index (κ1) is 27.6. The zero-order chi connectivity index (χ0) is 28.7. The molecule has 2 aliphatic heterocycles. The van der Waals surface area contributed by atoms with Gasteiger partial charge in [-0.3, -0.25) is 9.78 Å². The van der Waals surface area contributed by atoms with Crippen molar-refractivity contribution in [2.45, 2.75) is 71.4 Å². The van der Waals surface area contributed by atoms with Gasteiger partial charge in [-0.25, -0.2) is 4.79 Å². The van der Waals surface area contributed by atoms with Gasteiger partial charge in [0.2, 0.25) is 11.5 Å². The van der Waals surface area contributed by atoms with Crippen molar-refractivity contribution in [2.75, 3.05) is 20.2 Å².